The Labute approximate surface area is 90.9 Å². The number of ether oxygens (including phenoxy) is 2. The maximum absolute atomic E-state index is 11.3. The minimum absolute atomic E-state index is 0.203. The van der Waals surface area contributed by atoms with Crippen molar-refractivity contribution < 1.29 is 19.1 Å². The third-order valence-corrected chi connectivity index (χ3v) is 2.40. The zero-order valence-electron chi connectivity index (χ0n) is 9.96. The molecule has 0 aromatic rings. The van der Waals surface area contributed by atoms with E-state index in [0.717, 1.165) is 19.3 Å². The molecule has 0 rings (SSSR count). The Kier molecular flexibility index (Phi) is 5.97. The fourth-order valence-electron chi connectivity index (χ4n) is 1.32. The van der Waals surface area contributed by atoms with Gasteiger partial charge in [-0.15, -0.1) is 0 Å². The normalized spacial score (nSPS) is 10.9. The van der Waals surface area contributed by atoms with Gasteiger partial charge in [-0.3, -0.25) is 9.59 Å². The molecule has 15 heavy (non-hydrogen) atoms. The smallest absolute Gasteiger partial charge is 0.311 e. The van der Waals surface area contributed by atoms with Crippen LogP contribution in [0.15, 0.2) is 0 Å². The molecule has 0 saturated heterocycles. The van der Waals surface area contributed by atoms with Crippen molar-refractivity contribution in [1.82, 2.24) is 0 Å². The fourth-order valence-corrected chi connectivity index (χ4v) is 1.32. The highest BCUT2D eigenvalue weighted by atomic mass is 16.5. The molecule has 0 bridgehead atoms. The second kappa shape index (κ2) is 6.43. The van der Waals surface area contributed by atoms with E-state index in [1.807, 2.05) is 13.8 Å². The Morgan fingerprint density at radius 1 is 1.07 bits per heavy atom. The predicted molar refractivity (Wildman–Crippen MR) is 56.3 cm³/mol. The van der Waals surface area contributed by atoms with E-state index in [2.05, 4.69) is 9.47 Å². The van der Waals surface area contributed by atoms with Gasteiger partial charge in [0.25, 0.3) is 0 Å². The van der Waals surface area contributed by atoms with Crippen molar-refractivity contribution in [3.8, 4) is 0 Å². The van der Waals surface area contributed by atoms with E-state index in [4.69, 9.17) is 0 Å². The quantitative estimate of drug-likeness (QED) is 0.503. The standard InChI is InChI=1S/C11H20O4/c1-11(2,10(13)15-4)8-6-5-7-9(12)14-3/h5-8H2,1-4H3. The van der Waals surface area contributed by atoms with Crippen molar-refractivity contribution in [2.75, 3.05) is 14.2 Å². The molecule has 0 amide bonds. The molecule has 4 nitrogen and oxygen atoms in total. The molecule has 0 aromatic heterocycles. The van der Waals surface area contributed by atoms with Gasteiger partial charge >= 0.3 is 11.9 Å². The van der Waals surface area contributed by atoms with Gasteiger partial charge in [-0.2, -0.15) is 0 Å². The molecule has 0 aliphatic heterocycles. The van der Waals surface area contributed by atoms with Gasteiger partial charge in [0.05, 0.1) is 19.6 Å². The molecule has 0 unspecified atom stereocenters. The monoisotopic (exact) mass is 216 g/mol. The summed E-state index contributed by atoms with van der Waals surface area (Å²) in [6, 6.07) is 0. The van der Waals surface area contributed by atoms with Crippen molar-refractivity contribution in [3.63, 3.8) is 0 Å². The number of unbranched alkanes of at least 4 members (excludes halogenated alkanes) is 1. The van der Waals surface area contributed by atoms with Crippen molar-refractivity contribution in [3.05, 3.63) is 0 Å². The lowest BCUT2D eigenvalue weighted by Crippen LogP contribution is -2.25. The minimum atomic E-state index is -0.467. The average Bonchev–Trinajstić information content (AvgIpc) is 2.22. The lowest BCUT2D eigenvalue weighted by atomic mass is 9.87. The number of hydrogen-bond donors (Lipinski definition) is 0. The second-order valence-corrected chi connectivity index (χ2v) is 4.16. The van der Waals surface area contributed by atoms with Crippen molar-refractivity contribution in [2.45, 2.75) is 39.5 Å². The van der Waals surface area contributed by atoms with Gasteiger partial charge in [0.15, 0.2) is 0 Å². The van der Waals surface area contributed by atoms with Crippen molar-refractivity contribution >= 4 is 11.9 Å². The number of carbonyl (C=O) groups excluding carboxylic acids is 2. The molecular weight excluding hydrogens is 196 g/mol. The SMILES string of the molecule is COC(=O)CCCCC(C)(C)C(=O)OC. The highest BCUT2D eigenvalue weighted by Crippen LogP contribution is 2.25. The van der Waals surface area contributed by atoms with Crippen LogP contribution >= 0.6 is 0 Å². The lowest BCUT2D eigenvalue weighted by molar-refractivity contribution is -0.151. The number of carbonyl (C=O) groups is 2. The first kappa shape index (κ1) is 13.9. The molecule has 0 saturated carbocycles. The summed E-state index contributed by atoms with van der Waals surface area (Å²) in [4.78, 5) is 22.1. The summed E-state index contributed by atoms with van der Waals surface area (Å²) < 4.78 is 9.20. The first-order valence-corrected chi connectivity index (χ1v) is 5.09. The molecule has 0 fully saturated rings. The highest BCUT2D eigenvalue weighted by molar-refractivity contribution is 5.75. The van der Waals surface area contributed by atoms with Crippen molar-refractivity contribution in [2.24, 2.45) is 5.41 Å². The molecule has 0 aliphatic carbocycles. The molecule has 0 heterocycles. The molecule has 0 atom stereocenters. The summed E-state index contributed by atoms with van der Waals surface area (Å²) >= 11 is 0. The topological polar surface area (TPSA) is 52.6 Å². The summed E-state index contributed by atoms with van der Waals surface area (Å²) in [6.45, 7) is 3.69. The molecule has 4 heteroatoms. The summed E-state index contributed by atoms with van der Waals surface area (Å²) in [6.07, 6.45) is 2.69. The zero-order valence-corrected chi connectivity index (χ0v) is 9.96. The highest BCUT2D eigenvalue weighted by Gasteiger charge is 2.27. The van der Waals surface area contributed by atoms with E-state index >= 15 is 0 Å². The number of rotatable bonds is 6. The minimum Gasteiger partial charge on any atom is -0.469 e. The van der Waals surface area contributed by atoms with Crippen LogP contribution in [0.25, 0.3) is 0 Å². The van der Waals surface area contributed by atoms with Crippen LogP contribution in [0.1, 0.15) is 39.5 Å². The Balaban J connectivity index is 3.75. The van der Waals surface area contributed by atoms with Crippen LogP contribution in [-0.4, -0.2) is 26.2 Å². The third-order valence-electron chi connectivity index (χ3n) is 2.40. The van der Waals surface area contributed by atoms with Crippen LogP contribution in [0.2, 0.25) is 0 Å². The number of esters is 2. The summed E-state index contributed by atoms with van der Waals surface area (Å²) in [5, 5.41) is 0. The Bertz CT molecular complexity index is 221. The molecule has 0 spiro atoms. The maximum atomic E-state index is 11.3. The number of methoxy groups -OCH3 is 2. The Morgan fingerprint density at radius 3 is 2.13 bits per heavy atom. The zero-order chi connectivity index (χ0) is 11.9. The number of hydrogen-bond acceptors (Lipinski definition) is 4. The van der Waals surface area contributed by atoms with Gasteiger partial charge in [-0.05, 0) is 26.7 Å². The fraction of sp³-hybridized carbons (Fsp3) is 0.818. The van der Waals surface area contributed by atoms with Gasteiger partial charge < -0.3 is 9.47 Å². The van der Waals surface area contributed by atoms with E-state index in [-0.39, 0.29) is 11.9 Å². The van der Waals surface area contributed by atoms with Crippen LogP contribution in [0.4, 0.5) is 0 Å². The van der Waals surface area contributed by atoms with E-state index in [1.165, 1.54) is 14.2 Å². The maximum Gasteiger partial charge on any atom is 0.311 e. The van der Waals surface area contributed by atoms with Crippen molar-refractivity contribution in [1.29, 1.82) is 0 Å². The van der Waals surface area contributed by atoms with Gasteiger partial charge in [0.1, 0.15) is 0 Å². The van der Waals surface area contributed by atoms with E-state index in [0.29, 0.717) is 6.42 Å². The predicted octanol–water partition coefficient (Wildman–Crippen LogP) is 1.92. The van der Waals surface area contributed by atoms with Gasteiger partial charge in [0, 0.05) is 6.42 Å². The Hall–Kier alpha value is -1.06. The van der Waals surface area contributed by atoms with E-state index in [1.54, 1.807) is 0 Å². The van der Waals surface area contributed by atoms with E-state index in [9.17, 15) is 9.59 Å². The van der Waals surface area contributed by atoms with E-state index < -0.39 is 5.41 Å². The van der Waals surface area contributed by atoms with Crippen LogP contribution in [0.3, 0.4) is 0 Å². The van der Waals surface area contributed by atoms with Crippen LogP contribution in [-0.2, 0) is 19.1 Å². The Morgan fingerprint density at radius 2 is 1.67 bits per heavy atom. The average molecular weight is 216 g/mol. The van der Waals surface area contributed by atoms with Crippen LogP contribution in [0, 0.1) is 5.41 Å². The van der Waals surface area contributed by atoms with Crippen LogP contribution in [0.5, 0.6) is 0 Å². The summed E-state index contributed by atoms with van der Waals surface area (Å²) in [5.41, 5.74) is -0.467. The lowest BCUT2D eigenvalue weighted by Gasteiger charge is -2.20. The molecule has 0 aliphatic rings. The van der Waals surface area contributed by atoms with Crippen LogP contribution < -0.4 is 0 Å². The molecular formula is C11H20O4. The molecule has 0 N–H and O–H groups in total. The second-order valence-electron chi connectivity index (χ2n) is 4.16. The first-order valence-electron chi connectivity index (χ1n) is 5.09. The largest absolute Gasteiger partial charge is 0.469 e. The van der Waals surface area contributed by atoms with Gasteiger partial charge in [-0.1, -0.05) is 6.42 Å². The first-order chi connectivity index (χ1) is 6.94. The third kappa shape index (κ3) is 5.40. The molecule has 88 valence electrons. The summed E-state index contributed by atoms with van der Waals surface area (Å²) in [7, 11) is 2.76. The van der Waals surface area contributed by atoms with Gasteiger partial charge in [0.2, 0.25) is 0 Å². The molecule has 0 radical (unpaired) electrons. The van der Waals surface area contributed by atoms with Gasteiger partial charge in [-0.25, -0.2) is 0 Å². The summed E-state index contributed by atoms with van der Waals surface area (Å²) in [5.74, 6) is -0.411. The molecule has 0 aromatic carbocycles.